The zero-order valence-corrected chi connectivity index (χ0v) is 8.25. The van der Waals surface area contributed by atoms with Crippen LogP contribution in [0.1, 0.15) is 6.92 Å². The Morgan fingerprint density at radius 1 is 1.46 bits per heavy atom. The molecule has 0 spiro atoms. The van der Waals surface area contributed by atoms with Gasteiger partial charge in [-0.3, -0.25) is 0 Å². The molecule has 0 aromatic rings. The summed E-state index contributed by atoms with van der Waals surface area (Å²) in [5.41, 5.74) is 0. The van der Waals surface area contributed by atoms with Gasteiger partial charge in [-0.1, -0.05) is 0 Å². The van der Waals surface area contributed by atoms with Crippen molar-refractivity contribution in [3.63, 3.8) is 0 Å². The van der Waals surface area contributed by atoms with Crippen LogP contribution in [0.2, 0.25) is 0 Å². The number of sulfonamides is 1. The van der Waals surface area contributed by atoms with E-state index in [2.05, 4.69) is 0 Å². The van der Waals surface area contributed by atoms with Crippen LogP contribution in [0, 0.1) is 11.3 Å². The van der Waals surface area contributed by atoms with E-state index in [0.29, 0.717) is 26.3 Å². The van der Waals surface area contributed by atoms with Gasteiger partial charge >= 0.3 is 0 Å². The third-order valence-electron chi connectivity index (χ3n) is 1.96. The summed E-state index contributed by atoms with van der Waals surface area (Å²) in [5.74, 6) is 0. The lowest BCUT2D eigenvalue weighted by Crippen LogP contribution is -2.44. The van der Waals surface area contributed by atoms with Crippen molar-refractivity contribution in [2.75, 3.05) is 26.3 Å². The number of ether oxygens (including phenoxy) is 1. The van der Waals surface area contributed by atoms with Crippen molar-refractivity contribution in [3.05, 3.63) is 0 Å². The highest BCUT2D eigenvalue weighted by atomic mass is 32.2. The summed E-state index contributed by atoms with van der Waals surface area (Å²) in [4.78, 5) is 0. The van der Waals surface area contributed by atoms with Gasteiger partial charge in [0.2, 0.25) is 10.0 Å². The summed E-state index contributed by atoms with van der Waals surface area (Å²) in [6.45, 7) is 2.93. The lowest BCUT2D eigenvalue weighted by molar-refractivity contribution is 0.0729. The molecule has 0 saturated carbocycles. The van der Waals surface area contributed by atoms with Gasteiger partial charge in [0.1, 0.15) is 0 Å². The Labute approximate surface area is 77.9 Å². The molecule has 0 aromatic carbocycles. The van der Waals surface area contributed by atoms with E-state index >= 15 is 0 Å². The Hall–Kier alpha value is -0.640. The SMILES string of the molecule is CC(C#N)S(=O)(=O)N1CCOCC1. The van der Waals surface area contributed by atoms with Crippen molar-refractivity contribution >= 4 is 10.0 Å². The average molecular weight is 204 g/mol. The van der Waals surface area contributed by atoms with E-state index in [1.54, 1.807) is 6.07 Å². The Bertz CT molecular complexity index is 300. The normalized spacial score (nSPS) is 22.2. The first-order valence-corrected chi connectivity index (χ1v) is 5.55. The van der Waals surface area contributed by atoms with Crippen LogP contribution in [0.5, 0.6) is 0 Å². The molecular formula is C7H12N2O3S. The lowest BCUT2D eigenvalue weighted by atomic mass is 10.5. The van der Waals surface area contributed by atoms with Crippen LogP contribution in [-0.4, -0.2) is 44.3 Å². The Morgan fingerprint density at radius 3 is 2.46 bits per heavy atom. The number of hydrogen-bond acceptors (Lipinski definition) is 4. The standard InChI is InChI=1S/C7H12N2O3S/c1-7(6-8)13(10,11)9-2-4-12-5-3-9/h7H,2-5H2,1H3. The van der Waals surface area contributed by atoms with E-state index in [1.165, 1.54) is 11.2 Å². The third-order valence-corrected chi connectivity index (χ3v) is 4.04. The van der Waals surface area contributed by atoms with Crippen molar-refractivity contribution in [2.45, 2.75) is 12.2 Å². The molecular weight excluding hydrogens is 192 g/mol. The second-order valence-electron chi connectivity index (χ2n) is 2.83. The van der Waals surface area contributed by atoms with E-state index in [0.717, 1.165) is 0 Å². The van der Waals surface area contributed by atoms with E-state index in [9.17, 15) is 8.42 Å². The topological polar surface area (TPSA) is 70.4 Å². The molecule has 1 saturated heterocycles. The largest absolute Gasteiger partial charge is 0.379 e. The number of nitriles is 1. The molecule has 1 aliphatic heterocycles. The monoisotopic (exact) mass is 204 g/mol. The molecule has 0 amide bonds. The summed E-state index contributed by atoms with van der Waals surface area (Å²) >= 11 is 0. The van der Waals surface area contributed by atoms with Gasteiger partial charge in [-0.25, -0.2) is 8.42 Å². The number of nitrogens with zero attached hydrogens (tertiary/aromatic N) is 2. The fourth-order valence-electron chi connectivity index (χ4n) is 1.09. The summed E-state index contributed by atoms with van der Waals surface area (Å²) in [7, 11) is -3.42. The molecule has 0 radical (unpaired) electrons. The molecule has 0 bridgehead atoms. The molecule has 1 unspecified atom stereocenters. The molecule has 74 valence electrons. The van der Waals surface area contributed by atoms with Gasteiger partial charge in [0.15, 0.2) is 5.25 Å². The zero-order chi connectivity index (χ0) is 9.90. The van der Waals surface area contributed by atoms with Crippen LogP contribution in [0.4, 0.5) is 0 Å². The Balaban J connectivity index is 2.75. The predicted octanol–water partition coefficient (Wildman–Crippen LogP) is -0.440. The van der Waals surface area contributed by atoms with Crippen LogP contribution in [0.25, 0.3) is 0 Å². The molecule has 0 aromatic heterocycles. The highest BCUT2D eigenvalue weighted by molar-refractivity contribution is 7.89. The van der Waals surface area contributed by atoms with Gasteiger partial charge in [0.25, 0.3) is 0 Å². The van der Waals surface area contributed by atoms with Gasteiger partial charge in [-0.15, -0.1) is 0 Å². The second kappa shape index (κ2) is 4.05. The van der Waals surface area contributed by atoms with Crippen LogP contribution < -0.4 is 0 Å². The molecule has 1 aliphatic rings. The summed E-state index contributed by atoms with van der Waals surface area (Å²) in [6.07, 6.45) is 0. The van der Waals surface area contributed by atoms with E-state index in [1.807, 2.05) is 0 Å². The quantitative estimate of drug-likeness (QED) is 0.611. The lowest BCUT2D eigenvalue weighted by Gasteiger charge is -2.26. The maximum atomic E-state index is 11.6. The minimum Gasteiger partial charge on any atom is -0.379 e. The minimum absolute atomic E-state index is 0.356. The maximum absolute atomic E-state index is 11.6. The first kappa shape index (κ1) is 10.4. The Morgan fingerprint density at radius 2 is 2.00 bits per heavy atom. The van der Waals surface area contributed by atoms with Crippen LogP contribution in [0.15, 0.2) is 0 Å². The third kappa shape index (κ3) is 2.18. The Kier molecular flexibility index (Phi) is 3.25. The highest BCUT2D eigenvalue weighted by Crippen LogP contribution is 2.10. The van der Waals surface area contributed by atoms with Gasteiger partial charge in [-0.2, -0.15) is 9.57 Å². The van der Waals surface area contributed by atoms with Gasteiger partial charge in [0.05, 0.1) is 19.3 Å². The second-order valence-corrected chi connectivity index (χ2v) is 5.08. The predicted molar refractivity (Wildman–Crippen MR) is 46.4 cm³/mol. The average Bonchev–Trinajstić information content (AvgIpc) is 2.18. The number of hydrogen-bond donors (Lipinski definition) is 0. The summed E-state index contributed by atoms with van der Waals surface area (Å²) in [5, 5.41) is 7.55. The molecule has 1 atom stereocenters. The molecule has 1 fully saturated rings. The van der Waals surface area contributed by atoms with Gasteiger partial charge in [-0.05, 0) is 6.92 Å². The summed E-state index contributed by atoms with van der Waals surface area (Å²) in [6, 6.07) is 1.73. The van der Waals surface area contributed by atoms with E-state index < -0.39 is 15.3 Å². The van der Waals surface area contributed by atoms with Crippen molar-refractivity contribution < 1.29 is 13.2 Å². The van der Waals surface area contributed by atoms with Crippen LogP contribution >= 0.6 is 0 Å². The molecule has 5 nitrogen and oxygen atoms in total. The van der Waals surface area contributed by atoms with Crippen molar-refractivity contribution in [2.24, 2.45) is 0 Å². The molecule has 0 aliphatic carbocycles. The zero-order valence-electron chi connectivity index (χ0n) is 7.43. The van der Waals surface area contributed by atoms with E-state index in [4.69, 9.17) is 10.00 Å². The fraction of sp³-hybridized carbons (Fsp3) is 0.857. The molecule has 1 rings (SSSR count). The van der Waals surface area contributed by atoms with Crippen molar-refractivity contribution in [3.8, 4) is 6.07 Å². The van der Waals surface area contributed by atoms with Crippen molar-refractivity contribution in [1.29, 1.82) is 5.26 Å². The van der Waals surface area contributed by atoms with Gasteiger partial charge < -0.3 is 4.74 Å². The number of rotatable bonds is 2. The van der Waals surface area contributed by atoms with E-state index in [-0.39, 0.29) is 0 Å². The molecule has 1 heterocycles. The maximum Gasteiger partial charge on any atom is 0.230 e. The van der Waals surface area contributed by atoms with Gasteiger partial charge in [0, 0.05) is 13.1 Å². The minimum atomic E-state index is -3.42. The molecule has 0 N–H and O–H groups in total. The highest BCUT2D eigenvalue weighted by Gasteiger charge is 2.29. The fourth-order valence-corrected chi connectivity index (χ4v) is 2.33. The van der Waals surface area contributed by atoms with Crippen LogP contribution in [-0.2, 0) is 14.8 Å². The molecule has 6 heteroatoms. The summed E-state index contributed by atoms with van der Waals surface area (Å²) < 4.78 is 29.5. The first-order valence-electron chi connectivity index (χ1n) is 4.05. The first-order chi connectivity index (χ1) is 6.09. The van der Waals surface area contributed by atoms with Crippen molar-refractivity contribution in [1.82, 2.24) is 4.31 Å². The van der Waals surface area contributed by atoms with Crippen LogP contribution in [0.3, 0.4) is 0 Å². The number of morpholine rings is 1. The smallest absolute Gasteiger partial charge is 0.230 e. The molecule has 13 heavy (non-hydrogen) atoms.